The maximum Gasteiger partial charge on any atom is 0.225 e. The summed E-state index contributed by atoms with van der Waals surface area (Å²) in [7, 11) is 0. The van der Waals surface area contributed by atoms with Crippen molar-refractivity contribution in [1.29, 1.82) is 0 Å². The van der Waals surface area contributed by atoms with Crippen molar-refractivity contribution in [2.75, 3.05) is 6.54 Å². The van der Waals surface area contributed by atoms with Crippen molar-refractivity contribution < 1.29 is 9.59 Å². The molecule has 1 saturated heterocycles. The second-order valence-electron chi connectivity index (χ2n) is 6.44. The largest absolute Gasteiger partial charge is 0.349 e. The van der Waals surface area contributed by atoms with Crippen LogP contribution in [0.3, 0.4) is 0 Å². The van der Waals surface area contributed by atoms with Crippen molar-refractivity contribution in [3.63, 3.8) is 0 Å². The van der Waals surface area contributed by atoms with Gasteiger partial charge >= 0.3 is 0 Å². The van der Waals surface area contributed by atoms with Gasteiger partial charge in [-0.1, -0.05) is 54.1 Å². The average molecular weight is 357 g/mol. The van der Waals surface area contributed by atoms with E-state index in [1.54, 1.807) is 4.90 Å². The minimum absolute atomic E-state index is 0.0162. The molecule has 1 fully saturated rings. The van der Waals surface area contributed by atoms with Crippen LogP contribution < -0.4 is 5.32 Å². The summed E-state index contributed by atoms with van der Waals surface area (Å²) in [4.78, 5) is 26.5. The van der Waals surface area contributed by atoms with E-state index in [0.717, 1.165) is 11.1 Å². The van der Waals surface area contributed by atoms with Crippen LogP contribution in [0.2, 0.25) is 5.02 Å². The van der Waals surface area contributed by atoms with Crippen molar-refractivity contribution in [2.24, 2.45) is 5.92 Å². The Bertz CT molecular complexity index is 746. The first-order valence-electron chi connectivity index (χ1n) is 8.40. The fourth-order valence-corrected chi connectivity index (χ4v) is 3.19. The van der Waals surface area contributed by atoms with E-state index in [-0.39, 0.29) is 30.2 Å². The third-order valence-corrected chi connectivity index (χ3v) is 4.78. The molecule has 1 aliphatic heterocycles. The van der Waals surface area contributed by atoms with Gasteiger partial charge in [0.15, 0.2) is 0 Å². The Kier molecular flexibility index (Phi) is 5.39. The number of hydrogen-bond donors (Lipinski definition) is 1. The van der Waals surface area contributed by atoms with Crippen LogP contribution in [-0.2, 0) is 16.1 Å². The predicted molar refractivity (Wildman–Crippen MR) is 98.0 cm³/mol. The Morgan fingerprint density at radius 1 is 1.20 bits per heavy atom. The lowest BCUT2D eigenvalue weighted by Crippen LogP contribution is -2.34. The maximum absolute atomic E-state index is 12.5. The molecule has 130 valence electrons. The molecule has 0 saturated carbocycles. The number of benzene rings is 2. The summed E-state index contributed by atoms with van der Waals surface area (Å²) in [6, 6.07) is 17.2. The fraction of sp³-hybridized carbons (Fsp3) is 0.300. The number of carbonyl (C=O) groups is 2. The number of halogens is 1. The Balaban J connectivity index is 1.58. The average Bonchev–Trinajstić information content (AvgIpc) is 2.98. The van der Waals surface area contributed by atoms with Crippen LogP contribution in [0.1, 0.15) is 30.5 Å². The summed E-state index contributed by atoms with van der Waals surface area (Å²) in [6.45, 7) is 2.91. The van der Waals surface area contributed by atoms with E-state index in [0.29, 0.717) is 18.1 Å². The number of hydrogen-bond acceptors (Lipinski definition) is 2. The molecule has 2 unspecified atom stereocenters. The Morgan fingerprint density at radius 3 is 2.56 bits per heavy atom. The van der Waals surface area contributed by atoms with E-state index in [1.807, 2.05) is 61.5 Å². The van der Waals surface area contributed by atoms with Gasteiger partial charge < -0.3 is 10.2 Å². The number of likely N-dealkylation sites (tertiary alicyclic amines) is 1. The van der Waals surface area contributed by atoms with Gasteiger partial charge in [-0.05, 0) is 30.2 Å². The lowest BCUT2D eigenvalue weighted by molar-refractivity contribution is -0.129. The summed E-state index contributed by atoms with van der Waals surface area (Å²) in [5.41, 5.74) is 2.06. The molecular formula is C20H21ClN2O2. The lowest BCUT2D eigenvalue weighted by Gasteiger charge is -2.19. The molecule has 2 amide bonds. The smallest absolute Gasteiger partial charge is 0.225 e. The maximum atomic E-state index is 12.5. The molecule has 2 aromatic rings. The van der Waals surface area contributed by atoms with Crippen LogP contribution in [0, 0.1) is 5.92 Å². The standard InChI is InChI=1S/C20H21ClN2O2/c1-14(16-5-3-2-4-6-16)22-20(25)17-11-19(24)23(13-17)12-15-7-9-18(21)10-8-15/h2-10,14,17H,11-13H2,1H3,(H,22,25). The molecule has 0 aromatic heterocycles. The minimum Gasteiger partial charge on any atom is -0.349 e. The number of nitrogens with one attached hydrogen (secondary N) is 1. The van der Waals surface area contributed by atoms with E-state index in [2.05, 4.69) is 5.32 Å². The van der Waals surface area contributed by atoms with Crippen molar-refractivity contribution in [3.8, 4) is 0 Å². The molecule has 1 N–H and O–H groups in total. The molecule has 2 aromatic carbocycles. The zero-order chi connectivity index (χ0) is 17.8. The molecule has 0 spiro atoms. The topological polar surface area (TPSA) is 49.4 Å². The molecule has 0 bridgehead atoms. The predicted octanol–water partition coefficient (Wildman–Crippen LogP) is 3.57. The molecule has 2 atom stereocenters. The highest BCUT2D eigenvalue weighted by atomic mass is 35.5. The van der Waals surface area contributed by atoms with Crippen LogP contribution in [-0.4, -0.2) is 23.3 Å². The number of amides is 2. The number of carbonyl (C=O) groups excluding carboxylic acids is 2. The first kappa shape index (κ1) is 17.5. The summed E-state index contributed by atoms with van der Waals surface area (Å²) in [5.74, 6) is -0.350. The van der Waals surface area contributed by atoms with Crippen LogP contribution in [0.4, 0.5) is 0 Å². The molecule has 1 aliphatic rings. The zero-order valence-electron chi connectivity index (χ0n) is 14.1. The summed E-state index contributed by atoms with van der Waals surface area (Å²) >= 11 is 5.89. The highest BCUT2D eigenvalue weighted by molar-refractivity contribution is 6.30. The summed E-state index contributed by atoms with van der Waals surface area (Å²) < 4.78 is 0. The normalized spacial score (nSPS) is 18.2. The van der Waals surface area contributed by atoms with Gasteiger partial charge in [-0.25, -0.2) is 0 Å². The second kappa shape index (κ2) is 7.70. The second-order valence-corrected chi connectivity index (χ2v) is 6.88. The quantitative estimate of drug-likeness (QED) is 0.890. The number of rotatable bonds is 5. The monoisotopic (exact) mass is 356 g/mol. The van der Waals surface area contributed by atoms with Crippen LogP contribution >= 0.6 is 11.6 Å². The first-order chi connectivity index (χ1) is 12.0. The van der Waals surface area contributed by atoms with Gasteiger partial charge in [0.25, 0.3) is 0 Å². The van der Waals surface area contributed by atoms with Crippen molar-refractivity contribution in [1.82, 2.24) is 10.2 Å². The van der Waals surface area contributed by atoms with Gasteiger partial charge in [0.2, 0.25) is 11.8 Å². The van der Waals surface area contributed by atoms with Gasteiger partial charge in [0.05, 0.1) is 12.0 Å². The summed E-state index contributed by atoms with van der Waals surface area (Å²) in [6.07, 6.45) is 0.265. The molecule has 25 heavy (non-hydrogen) atoms. The molecule has 3 rings (SSSR count). The molecule has 5 heteroatoms. The van der Waals surface area contributed by atoms with Gasteiger partial charge in [0.1, 0.15) is 0 Å². The lowest BCUT2D eigenvalue weighted by atomic mass is 10.1. The van der Waals surface area contributed by atoms with E-state index < -0.39 is 0 Å². The Morgan fingerprint density at radius 2 is 1.88 bits per heavy atom. The minimum atomic E-state index is -0.300. The molecule has 0 radical (unpaired) electrons. The zero-order valence-corrected chi connectivity index (χ0v) is 14.9. The summed E-state index contributed by atoms with van der Waals surface area (Å²) in [5, 5.41) is 3.69. The van der Waals surface area contributed by atoms with Crippen LogP contribution in [0.25, 0.3) is 0 Å². The SMILES string of the molecule is CC(NC(=O)C1CC(=O)N(Cc2ccc(Cl)cc2)C1)c1ccccc1. The Labute approximate surface area is 152 Å². The first-order valence-corrected chi connectivity index (χ1v) is 8.78. The molecule has 0 aliphatic carbocycles. The van der Waals surface area contributed by atoms with E-state index in [9.17, 15) is 9.59 Å². The van der Waals surface area contributed by atoms with Crippen molar-refractivity contribution in [3.05, 3.63) is 70.7 Å². The van der Waals surface area contributed by atoms with E-state index in [4.69, 9.17) is 11.6 Å². The fourth-order valence-electron chi connectivity index (χ4n) is 3.07. The molecular weight excluding hydrogens is 336 g/mol. The van der Waals surface area contributed by atoms with Crippen molar-refractivity contribution >= 4 is 23.4 Å². The van der Waals surface area contributed by atoms with Crippen molar-refractivity contribution in [2.45, 2.75) is 25.9 Å². The van der Waals surface area contributed by atoms with Crippen LogP contribution in [0.15, 0.2) is 54.6 Å². The Hall–Kier alpha value is -2.33. The number of nitrogens with zero attached hydrogens (tertiary/aromatic N) is 1. The molecule has 1 heterocycles. The van der Waals surface area contributed by atoms with Gasteiger partial charge in [-0.2, -0.15) is 0 Å². The van der Waals surface area contributed by atoms with Gasteiger partial charge in [-0.3, -0.25) is 9.59 Å². The van der Waals surface area contributed by atoms with E-state index >= 15 is 0 Å². The van der Waals surface area contributed by atoms with Crippen LogP contribution in [0.5, 0.6) is 0 Å². The third kappa shape index (κ3) is 4.40. The third-order valence-electron chi connectivity index (χ3n) is 4.53. The highest BCUT2D eigenvalue weighted by Crippen LogP contribution is 2.22. The van der Waals surface area contributed by atoms with E-state index in [1.165, 1.54) is 0 Å². The van der Waals surface area contributed by atoms with Gasteiger partial charge in [0, 0.05) is 24.5 Å². The van der Waals surface area contributed by atoms with Gasteiger partial charge in [-0.15, -0.1) is 0 Å². The highest BCUT2D eigenvalue weighted by Gasteiger charge is 2.34. The molecule has 4 nitrogen and oxygen atoms in total.